The molecule has 4 atom stereocenters. The fraction of sp³-hybridized carbons (Fsp3) is 0.857. The lowest BCUT2D eigenvalue weighted by atomic mass is 9.79. The maximum Gasteiger partial charge on any atom is 0.309 e. The maximum absolute atomic E-state index is 12.1. The molecule has 3 aliphatic rings. The molecule has 2 heterocycles. The molecular formula is C14H20O6. The van der Waals surface area contributed by atoms with Gasteiger partial charge in [0, 0.05) is 0 Å². The third kappa shape index (κ3) is 3.70. The van der Waals surface area contributed by atoms with Crippen molar-refractivity contribution in [3.8, 4) is 0 Å². The van der Waals surface area contributed by atoms with E-state index in [0.717, 1.165) is 12.8 Å². The number of ether oxygens (including phenoxy) is 4. The summed E-state index contributed by atoms with van der Waals surface area (Å²) < 4.78 is 20.5. The SMILES string of the molecule is O=C(OC[C@H]1CO1)[C@H]1CCCC[C@H]1C(=O)OC[C@@H]1CO1. The van der Waals surface area contributed by atoms with Gasteiger partial charge in [-0.15, -0.1) is 0 Å². The Balaban J connectivity index is 1.50. The fourth-order valence-corrected chi connectivity index (χ4v) is 2.59. The lowest BCUT2D eigenvalue weighted by Crippen LogP contribution is -2.35. The molecule has 20 heavy (non-hydrogen) atoms. The predicted molar refractivity (Wildman–Crippen MR) is 66.8 cm³/mol. The van der Waals surface area contributed by atoms with Gasteiger partial charge in [0.15, 0.2) is 0 Å². The zero-order valence-electron chi connectivity index (χ0n) is 11.4. The quantitative estimate of drug-likeness (QED) is 0.527. The van der Waals surface area contributed by atoms with Gasteiger partial charge in [0.1, 0.15) is 25.4 Å². The van der Waals surface area contributed by atoms with Gasteiger partial charge < -0.3 is 18.9 Å². The average molecular weight is 284 g/mol. The van der Waals surface area contributed by atoms with Crippen LogP contribution < -0.4 is 0 Å². The molecule has 1 saturated carbocycles. The standard InChI is InChI=1S/C14H20O6/c15-13(19-7-9-5-17-9)11-3-1-2-4-12(11)14(16)20-8-10-6-18-10/h9-12H,1-8H2/t9-,10+,11+,12-. The summed E-state index contributed by atoms with van der Waals surface area (Å²) >= 11 is 0. The van der Waals surface area contributed by atoms with Crippen molar-refractivity contribution >= 4 is 11.9 Å². The van der Waals surface area contributed by atoms with Crippen LogP contribution in [0.1, 0.15) is 25.7 Å². The van der Waals surface area contributed by atoms with Crippen LogP contribution in [0.2, 0.25) is 0 Å². The number of rotatable bonds is 6. The van der Waals surface area contributed by atoms with Crippen LogP contribution in [0.3, 0.4) is 0 Å². The Morgan fingerprint density at radius 2 is 1.25 bits per heavy atom. The first-order valence-electron chi connectivity index (χ1n) is 7.30. The van der Waals surface area contributed by atoms with Crippen LogP contribution in [-0.2, 0) is 28.5 Å². The molecule has 0 amide bonds. The molecule has 0 aromatic carbocycles. The third-order valence-corrected chi connectivity index (χ3v) is 4.00. The normalized spacial score (nSPS) is 35.2. The Kier molecular flexibility index (Phi) is 4.21. The smallest absolute Gasteiger partial charge is 0.309 e. The number of hydrogen-bond acceptors (Lipinski definition) is 6. The van der Waals surface area contributed by atoms with Crippen molar-refractivity contribution in [3.63, 3.8) is 0 Å². The van der Waals surface area contributed by atoms with E-state index in [2.05, 4.69) is 0 Å². The van der Waals surface area contributed by atoms with Crippen LogP contribution in [0, 0.1) is 11.8 Å². The second-order valence-electron chi connectivity index (χ2n) is 5.67. The number of epoxide rings is 2. The second-order valence-corrected chi connectivity index (χ2v) is 5.67. The zero-order chi connectivity index (χ0) is 13.9. The zero-order valence-corrected chi connectivity index (χ0v) is 11.4. The Labute approximate surface area is 117 Å². The third-order valence-electron chi connectivity index (χ3n) is 4.00. The second kappa shape index (κ2) is 6.10. The number of hydrogen-bond donors (Lipinski definition) is 0. The van der Waals surface area contributed by atoms with Crippen LogP contribution >= 0.6 is 0 Å². The van der Waals surface area contributed by atoms with Crippen molar-refractivity contribution in [2.75, 3.05) is 26.4 Å². The minimum Gasteiger partial charge on any atom is -0.463 e. The van der Waals surface area contributed by atoms with Gasteiger partial charge in [-0.1, -0.05) is 12.8 Å². The molecule has 0 aromatic rings. The van der Waals surface area contributed by atoms with Gasteiger partial charge in [0.2, 0.25) is 0 Å². The van der Waals surface area contributed by atoms with Gasteiger partial charge in [-0.25, -0.2) is 0 Å². The summed E-state index contributed by atoms with van der Waals surface area (Å²) in [6.07, 6.45) is 3.42. The summed E-state index contributed by atoms with van der Waals surface area (Å²) in [5.41, 5.74) is 0. The molecule has 2 saturated heterocycles. The highest BCUT2D eigenvalue weighted by atomic mass is 16.6. The van der Waals surface area contributed by atoms with Gasteiger partial charge in [-0.3, -0.25) is 9.59 Å². The molecule has 3 fully saturated rings. The molecule has 2 aliphatic heterocycles. The number of esters is 2. The summed E-state index contributed by atoms with van der Waals surface area (Å²) in [6.45, 7) is 1.91. The van der Waals surface area contributed by atoms with E-state index in [1.54, 1.807) is 0 Å². The summed E-state index contributed by atoms with van der Waals surface area (Å²) in [6, 6.07) is 0. The topological polar surface area (TPSA) is 77.7 Å². The molecule has 3 rings (SSSR count). The van der Waals surface area contributed by atoms with Crippen LogP contribution in [0.4, 0.5) is 0 Å². The van der Waals surface area contributed by atoms with E-state index in [1.807, 2.05) is 0 Å². The first-order valence-corrected chi connectivity index (χ1v) is 7.30. The van der Waals surface area contributed by atoms with Crippen molar-refractivity contribution in [3.05, 3.63) is 0 Å². The number of carbonyl (C=O) groups is 2. The first-order chi connectivity index (χ1) is 9.74. The summed E-state index contributed by atoms with van der Waals surface area (Å²) in [5, 5.41) is 0. The molecule has 0 aromatic heterocycles. The molecule has 0 bridgehead atoms. The van der Waals surface area contributed by atoms with Gasteiger partial charge in [0.25, 0.3) is 0 Å². The van der Waals surface area contributed by atoms with Crippen LogP contribution in [0.15, 0.2) is 0 Å². The largest absolute Gasteiger partial charge is 0.463 e. The average Bonchev–Trinajstić information content (AvgIpc) is 3.36. The van der Waals surface area contributed by atoms with Gasteiger partial charge >= 0.3 is 11.9 Å². The lowest BCUT2D eigenvalue weighted by molar-refractivity contribution is -0.163. The lowest BCUT2D eigenvalue weighted by Gasteiger charge is -2.28. The highest BCUT2D eigenvalue weighted by Crippen LogP contribution is 2.32. The van der Waals surface area contributed by atoms with Crippen molar-refractivity contribution in [2.45, 2.75) is 37.9 Å². The molecule has 0 radical (unpaired) electrons. The van der Waals surface area contributed by atoms with Crippen LogP contribution in [0.25, 0.3) is 0 Å². The van der Waals surface area contributed by atoms with E-state index < -0.39 is 0 Å². The van der Waals surface area contributed by atoms with Gasteiger partial charge in [-0.2, -0.15) is 0 Å². The molecule has 6 heteroatoms. The van der Waals surface area contributed by atoms with Crippen molar-refractivity contribution in [1.29, 1.82) is 0 Å². The molecule has 0 unspecified atom stereocenters. The van der Waals surface area contributed by atoms with Crippen molar-refractivity contribution in [2.24, 2.45) is 11.8 Å². The van der Waals surface area contributed by atoms with E-state index >= 15 is 0 Å². The van der Waals surface area contributed by atoms with E-state index in [-0.39, 0.29) is 36.0 Å². The summed E-state index contributed by atoms with van der Waals surface area (Å²) in [4.78, 5) is 24.2. The van der Waals surface area contributed by atoms with Crippen LogP contribution in [0.5, 0.6) is 0 Å². The highest BCUT2D eigenvalue weighted by molar-refractivity contribution is 5.82. The molecule has 0 spiro atoms. The first kappa shape index (κ1) is 13.8. The minimum absolute atomic E-state index is 0.0555. The monoisotopic (exact) mass is 284 g/mol. The Bertz CT molecular complexity index is 338. The van der Waals surface area contributed by atoms with E-state index in [0.29, 0.717) is 39.3 Å². The van der Waals surface area contributed by atoms with Crippen molar-refractivity contribution < 1.29 is 28.5 Å². The minimum atomic E-state index is -0.366. The van der Waals surface area contributed by atoms with Crippen LogP contribution in [-0.4, -0.2) is 50.6 Å². The fourth-order valence-electron chi connectivity index (χ4n) is 2.59. The molecule has 6 nitrogen and oxygen atoms in total. The van der Waals surface area contributed by atoms with Gasteiger partial charge in [0.05, 0.1) is 25.0 Å². The maximum atomic E-state index is 12.1. The van der Waals surface area contributed by atoms with E-state index in [1.165, 1.54) is 0 Å². The Morgan fingerprint density at radius 1 is 0.850 bits per heavy atom. The molecular weight excluding hydrogens is 264 g/mol. The molecule has 112 valence electrons. The molecule has 1 aliphatic carbocycles. The highest BCUT2D eigenvalue weighted by Gasteiger charge is 2.39. The summed E-state index contributed by atoms with van der Waals surface area (Å²) in [5.74, 6) is -1.31. The predicted octanol–water partition coefficient (Wildman–Crippen LogP) is 0.677. The Hall–Kier alpha value is -1.14. The summed E-state index contributed by atoms with van der Waals surface area (Å²) in [7, 11) is 0. The van der Waals surface area contributed by atoms with E-state index in [4.69, 9.17) is 18.9 Å². The van der Waals surface area contributed by atoms with Gasteiger partial charge in [-0.05, 0) is 12.8 Å². The Morgan fingerprint density at radius 3 is 1.60 bits per heavy atom. The van der Waals surface area contributed by atoms with E-state index in [9.17, 15) is 9.59 Å². The number of carbonyl (C=O) groups excluding carboxylic acids is 2. The molecule has 0 N–H and O–H groups in total. The van der Waals surface area contributed by atoms with Crippen molar-refractivity contribution in [1.82, 2.24) is 0 Å².